The maximum Gasteiger partial charge on any atom is 0.236 e. The summed E-state index contributed by atoms with van der Waals surface area (Å²) in [5.41, 5.74) is 0.323. The van der Waals surface area contributed by atoms with Gasteiger partial charge in [-0.2, -0.15) is 0 Å². The molecule has 2 rings (SSSR count). The molecule has 0 saturated carbocycles. The number of piperidine rings is 1. The summed E-state index contributed by atoms with van der Waals surface area (Å²) in [5.74, 6) is 0.729. The van der Waals surface area contributed by atoms with Crippen LogP contribution in [0.25, 0.3) is 0 Å². The Kier molecular flexibility index (Phi) is 5.41. The zero-order valence-electron chi connectivity index (χ0n) is 13.1. The summed E-state index contributed by atoms with van der Waals surface area (Å²) in [6, 6.07) is 0. The molecule has 0 unspecified atom stereocenters. The molecule has 0 aromatic carbocycles. The number of hydrogen-bond donors (Lipinski definition) is 0. The van der Waals surface area contributed by atoms with Crippen LogP contribution in [0.15, 0.2) is 0 Å². The number of hydrogen-bond acceptors (Lipinski definition) is 4. The Morgan fingerprint density at radius 1 is 1.35 bits per heavy atom. The molecule has 2 heterocycles. The fourth-order valence-corrected chi connectivity index (χ4v) is 3.54. The molecular weight excluding hydrogens is 256 g/mol. The third-order valence-corrected chi connectivity index (χ3v) is 4.86. The van der Waals surface area contributed by atoms with E-state index in [1.54, 1.807) is 7.11 Å². The zero-order chi connectivity index (χ0) is 14.6. The Balaban J connectivity index is 1.92. The number of ether oxygens (including phenoxy) is 2. The Morgan fingerprint density at radius 2 is 2.05 bits per heavy atom. The lowest BCUT2D eigenvalue weighted by molar-refractivity contribution is -0.139. The lowest BCUT2D eigenvalue weighted by Crippen LogP contribution is -2.51. The van der Waals surface area contributed by atoms with Crippen LogP contribution in [0.2, 0.25) is 0 Å². The molecule has 0 aromatic heterocycles. The van der Waals surface area contributed by atoms with Gasteiger partial charge in [0.1, 0.15) is 0 Å². The van der Waals surface area contributed by atoms with E-state index in [9.17, 15) is 4.79 Å². The molecule has 5 nitrogen and oxygen atoms in total. The Bertz CT molecular complexity index is 323. The van der Waals surface area contributed by atoms with E-state index >= 15 is 0 Å². The van der Waals surface area contributed by atoms with Gasteiger partial charge in [-0.25, -0.2) is 0 Å². The summed E-state index contributed by atoms with van der Waals surface area (Å²) in [4.78, 5) is 16.1. The predicted molar refractivity (Wildman–Crippen MR) is 77.6 cm³/mol. The number of nitrogens with zero attached hydrogens (tertiary/aromatic N) is 2. The first kappa shape index (κ1) is 15.7. The molecular formula is C15H28N2O3. The van der Waals surface area contributed by atoms with Gasteiger partial charge in [0.25, 0.3) is 0 Å². The molecule has 0 aliphatic carbocycles. The lowest BCUT2D eigenvalue weighted by atomic mass is 9.66. The minimum Gasteiger partial charge on any atom is -0.384 e. The average molecular weight is 284 g/mol. The summed E-state index contributed by atoms with van der Waals surface area (Å²) in [6.07, 6.45) is 3.28. The smallest absolute Gasteiger partial charge is 0.236 e. The molecule has 1 spiro atoms. The first-order valence-corrected chi connectivity index (χ1v) is 7.56. The summed E-state index contributed by atoms with van der Waals surface area (Å²) in [6.45, 7) is 4.70. The van der Waals surface area contributed by atoms with Gasteiger partial charge in [-0.1, -0.05) is 0 Å². The number of likely N-dealkylation sites (N-methyl/N-ethyl adjacent to an activating group) is 1. The molecule has 20 heavy (non-hydrogen) atoms. The lowest BCUT2D eigenvalue weighted by Gasteiger charge is -2.49. The van der Waals surface area contributed by atoms with Crippen molar-refractivity contribution in [1.29, 1.82) is 0 Å². The quantitative estimate of drug-likeness (QED) is 0.767. The molecule has 2 fully saturated rings. The van der Waals surface area contributed by atoms with Crippen LogP contribution in [0, 0.1) is 11.3 Å². The third kappa shape index (κ3) is 3.51. The summed E-state index contributed by atoms with van der Waals surface area (Å²) >= 11 is 0. The number of carbonyl (C=O) groups is 1. The van der Waals surface area contributed by atoms with E-state index in [1.165, 1.54) is 0 Å². The molecule has 0 radical (unpaired) electrons. The van der Waals surface area contributed by atoms with Crippen molar-refractivity contribution in [3.8, 4) is 0 Å². The highest BCUT2D eigenvalue weighted by Gasteiger charge is 2.43. The minimum absolute atomic E-state index is 0.250. The van der Waals surface area contributed by atoms with Gasteiger partial charge in [0.2, 0.25) is 5.91 Å². The highest BCUT2D eigenvalue weighted by molar-refractivity contribution is 5.78. The van der Waals surface area contributed by atoms with Gasteiger partial charge < -0.3 is 19.3 Å². The van der Waals surface area contributed by atoms with Crippen LogP contribution in [-0.2, 0) is 14.3 Å². The summed E-state index contributed by atoms with van der Waals surface area (Å²) in [5, 5.41) is 0. The second-order valence-corrected chi connectivity index (χ2v) is 6.46. The van der Waals surface area contributed by atoms with E-state index in [0.29, 0.717) is 17.9 Å². The maximum atomic E-state index is 12.1. The van der Waals surface area contributed by atoms with Crippen LogP contribution in [0.4, 0.5) is 0 Å². The number of rotatable bonds is 4. The van der Waals surface area contributed by atoms with Gasteiger partial charge in [0.15, 0.2) is 0 Å². The van der Waals surface area contributed by atoms with Gasteiger partial charge in [-0.3, -0.25) is 4.79 Å². The van der Waals surface area contributed by atoms with Gasteiger partial charge >= 0.3 is 0 Å². The van der Waals surface area contributed by atoms with Crippen molar-refractivity contribution in [2.45, 2.75) is 19.3 Å². The highest BCUT2D eigenvalue weighted by atomic mass is 16.5. The van der Waals surface area contributed by atoms with E-state index < -0.39 is 0 Å². The third-order valence-electron chi connectivity index (χ3n) is 4.86. The van der Waals surface area contributed by atoms with Crippen molar-refractivity contribution in [2.75, 3.05) is 60.7 Å². The van der Waals surface area contributed by atoms with Gasteiger partial charge in [0.05, 0.1) is 19.8 Å². The Hall–Kier alpha value is -0.650. The summed E-state index contributed by atoms with van der Waals surface area (Å²) < 4.78 is 11.0. The first-order chi connectivity index (χ1) is 9.57. The molecule has 2 aliphatic heterocycles. The van der Waals surface area contributed by atoms with Crippen molar-refractivity contribution in [2.24, 2.45) is 11.3 Å². The highest BCUT2D eigenvalue weighted by Crippen LogP contribution is 2.44. The molecule has 0 aromatic rings. The van der Waals surface area contributed by atoms with Crippen LogP contribution < -0.4 is 0 Å². The van der Waals surface area contributed by atoms with E-state index in [0.717, 1.165) is 52.2 Å². The molecule has 1 atom stereocenters. The van der Waals surface area contributed by atoms with Crippen molar-refractivity contribution >= 4 is 5.91 Å². The first-order valence-electron chi connectivity index (χ1n) is 7.56. The van der Waals surface area contributed by atoms with Crippen LogP contribution in [0.1, 0.15) is 19.3 Å². The van der Waals surface area contributed by atoms with Crippen molar-refractivity contribution < 1.29 is 14.3 Å². The van der Waals surface area contributed by atoms with Gasteiger partial charge in [-0.05, 0) is 38.8 Å². The van der Waals surface area contributed by atoms with E-state index in [-0.39, 0.29) is 5.91 Å². The number of carbonyl (C=O) groups excluding carboxylic acids is 1. The standard InChI is InChI=1S/C15H28N2O3/c1-16(2)10-14(18)17-7-4-15(5-8-17)6-9-20-12-13(15)11-19-3/h13H,4-12H2,1-3H3/t13-/m1/s1. The fourth-order valence-electron chi connectivity index (χ4n) is 3.54. The number of methoxy groups -OCH3 is 1. The summed E-state index contributed by atoms with van der Waals surface area (Å²) in [7, 11) is 5.64. The number of likely N-dealkylation sites (tertiary alicyclic amines) is 1. The molecule has 116 valence electrons. The molecule has 2 aliphatic rings. The van der Waals surface area contributed by atoms with Crippen LogP contribution in [0.3, 0.4) is 0 Å². The molecule has 2 saturated heterocycles. The SMILES string of the molecule is COC[C@@H]1COCCC12CCN(C(=O)CN(C)C)CC2. The van der Waals surface area contributed by atoms with Crippen LogP contribution in [0.5, 0.6) is 0 Å². The predicted octanol–water partition coefficient (Wildman–Crippen LogP) is 0.840. The second-order valence-electron chi connectivity index (χ2n) is 6.46. The molecule has 5 heteroatoms. The zero-order valence-corrected chi connectivity index (χ0v) is 13.1. The van der Waals surface area contributed by atoms with Crippen LogP contribution >= 0.6 is 0 Å². The van der Waals surface area contributed by atoms with E-state index in [1.807, 2.05) is 23.9 Å². The van der Waals surface area contributed by atoms with E-state index in [4.69, 9.17) is 9.47 Å². The van der Waals surface area contributed by atoms with Crippen LogP contribution in [-0.4, -0.2) is 76.4 Å². The van der Waals surface area contributed by atoms with Gasteiger partial charge in [-0.15, -0.1) is 0 Å². The monoisotopic (exact) mass is 284 g/mol. The Labute approximate surface area is 122 Å². The molecule has 1 amide bonds. The van der Waals surface area contributed by atoms with Crippen molar-refractivity contribution in [3.63, 3.8) is 0 Å². The topological polar surface area (TPSA) is 42.0 Å². The largest absolute Gasteiger partial charge is 0.384 e. The van der Waals surface area contributed by atoms with Crippen molar-refractivity contribution in [3.05, 3.63) is 0 Å². The van der Waals surface area contributed by atoms with E-state index in [2.05, 4.69) is 0 Å². The molecule has 0 N–H and O–H groups in total. The van der Waals surface area contributed by atoms with Crippen molar-refractivity contribution in [1.82, 2.24) is 9.80 Å². The Morgan fingerprint density at radius 3 is 2.65 bits per heavy atom. The fraction of sp³-hybridized carbons (Fsp3) is 0.933. The average Bonchev–Trinajstić information content (AvgIpc) is 2.42. The molecule has 0 bridgehead atoms. The van der Waals surface area contributed by atoms with Gasteiger partial charge in [0, 0.05) is 32.7 Å². The second kappa shape index (κ2) is 6.87. The minimum atomic E-state index is 0.250. The normalized spacial score (nSPS) is 26.2. The maximum absolute atomic E-state index is 12.1. The number of amides is 1.